The van der Waals surface area contributed by atoms with Gasteiger partial charge in [-0.25, -0.2) is 13.1 Å². The summed E-state index contributed by atoms with van der Waals surface area (Å²) in [6.07, 6.45) is 4.84. The Kier molecular flexibility index (Phi) is 6.98. The Bertz CT molecular complexity index is 1220. The van der Waals surface area contributed by atoms with Crippen LogP contribution in [-0.2, 0) is 23.6 Å². The van der Waals surface area contributed by atoms with Crippen molar-refractivity contribution in [1.29, 1.82) is 0 Å². The van der Waals surface area contributed by atoms with Gasteiger partial charge < -0.3 is 5.32 Å². The van der Waals surface area contributed by atoms with E-state index in [4.69, 9.17) is 0 Å². The fourth-order valence-electron chi connectivity index (χ4n) is 3.20. The average Bonchev–Trinajstić information content (AvgIpc) is 3.12. The van der Waals surface area contributed by atoms with Crippen LogP contribution in [0.15, 0.2) is 53.3 Å². The number of nitrogens with zero attached hydrogens (tertiary/aromatic N) is 2. The van der Waals surface area contributed by atoms with Crippen molar-refractivity contribution >= 4 is 31.9 Å². The molecule has 0 spiro atoms. The average molecular weight is 505 g/mol. The van der Waals surface area contributed by atoms with E-state index in [0.717, 1.165) is 38.5 Å². The number of carbonyl (C=O) groups is 1. The molecule has 1 aromatic heterocycles. The molecule has 9 heteroatoms. The van der Waals surface area contributed by atoms with Crippen LogP contribution in [0.2, 0.25) is 0 Å². The summed E-state index contributed by atoms with van der Waals surface area (Å²) in [4.78, 5) is 13.0. The van der Waals surface area contributed by atoms with Crippen molar-refractivity contribution in [2.24, 2.45) is 7.05 Å². The van der Waals surface area contributed by atoms with E-state index in [9.17, 15) is 13.2 Å². The predicted molar refractivity (Wildman–Crippen MR) is 125 cm³/mol. The Morgan fingerprint density at radius 2 is 1.94 bits per heavy atom. The van der Waals surface area contributed by atoms with Gasteiger partial charge in [-0.3, -0.25) is 9.48 Å². The largest absolute Gasteiger partial charge is 0.346 e. The molecule has 2 N–H and O–H groups in total. The molecule has 164 valence electrons. The number of sulfonamides is 1. The van der Waals surface area contributed by atoms with E-state index in [1.54, 1.807) is 16.9 Å². The molecule has 3 rings (SSSR count). The molecular formula is C22H25BrN4O3S. The van der Waals surface area contributed by atoms with E-state index in [1.165, 1.54) is 0 Å². The molecule has 1 heterocycles. The minimum absolute atomic E-state index is 0.134. The maximum absolute atomic E-state index is 13.0. The highest BCUT2D eigenvalue weighted by Gasteiger charge is 2.16. The second-order valence-electron chi connectivity index (χ2n) is 7.61. The number of halogens is 1. The van der Waals surface area contributed by atoms with Crippen molar-refractivity contribution in [3.8, 4) is 11.1 Å². The summed E-state index contributed by atoms with van der Waals surface area (Å²) in [5, 5.41) is 7.27. The third-order valence-corrected chi connectivity index (χ3v) is 6.02. The van der Waals surface area contributed by atoms with Crippen molar-refractivity contribution in [1.82, 2.24) is 19.8 Å². The van der Waals surface area contributed by atoms with Crippen LogP contribution in [0.3, 0.4) is 0 Å². The molecule has 2 aromatic carbocycles. The van der Waals surface area contributed by atoms with Crippen LogP contribution in [0.5, 0.6) is 0 Å². The molecule has 0 fully saturated rings. The van der Waals surface area contributed by atoms with Crippen molar-refractivity contribution in [3.63, 3.8) is 0 Å². The molecule has 0 aliphatic carbocycles. The Morgan fingerprint density at radius 3 is 2.58 bits per heavy atom. The van der Waals surface area contributed by atoms with Gasteiger partial charge in [-0.05, 0) is 60.4 Å². The molecule has 7 nitrogen and oxygen atoms in total. The number of carbonyl (C=O) groups excluding carboxylic acids is 1. The molecule has 0 radical (unpaired) electrons. The number of hydrogen-bond donors (Lipinski definition) is 2. The van der Waals surface area contributed by atoms with Crippen LogP contribution in [0, 0.1) is 6.92 Å². The lowest BCUT2D eigenvalue weighted by Crippen LogP contribution is -2.28. The predicted octanol–water partition coefficient (Wildman–Crippen LogP) is 3.70. The van der Waals surface area contributed by atoms with E-state index in [0.29, 0.717) is 5.56 Å². The van der Waals surface area contributed by atoms with E-state index >= 15 is 0 Å². The van der Waals surface area contributed by atoms with Gasteiger partial charge in [0.15, 0.2) is 0 Å². The van der Waals surface area contributed by atoms with Gasteiger partial charge in [0.2, 0.25) is 10.0 Å². The summed E-state index contributed by atoms with van der Waals surface area (Å²) >= 11 is 3.55. The van der Waals surface area contributed by atoms with Gasteiger partial charge in [0.1, 0.15) is 0 Å². The number of hydrogen-bond acceptors (Lipinski definition) is 4. The number of nitrogens with one attached hydrogen (secondary N) is 2. The highest BCUT2D eigenvalue weighted by molar-refractivity contribution is 9.10. The number of rotatable bonds is 7. The first-order chi connectivity index (χ1) is 14.5. The van der Waals surface area contributed by atoms with E-state index < -0.39 is 10.0 Å². The molecule has 1 unspecified atom stereocenters. The third kappa shape index (κ3) is 6.25. The zero-order valence-corrected chi connectivity index (χ0v) is 20.2. The topological polar surface area (TPSA) is 93.1 Å². The lowest BCUT2D eigenvalue weighted by molar-refractivity contribution is 0.0939. The van der Waals surface area contributed by atoms with Gasteiger partial charge >= 0.3 is 0 Å². The smallest absolute Gasteiger partial charge is 0.252 e. The second kappa shape index (κ2) is 9.33. The van der Waals surface area contributed by atoms with Crippen LogP contribution < -0.4 is 10.0 Å². The number of amides is 1. The Labute approximate surface area is 191 Å². The third-order valence-electron chi connectivity index (χ3n) is 4.89. The van der Waals surface area contributed by atoms with Crippen molar-refractivity contribution < 1.29 is 13.2 Å². The molecule has 0 aliphatic heterocycles. The maximum atomic E-state index is 13.0. The minimum Gasteiger partial charge on any atom is -0.346 e. The van der Waals surface area contributed by atoms with Crippen molar-refractivity contribution in [2.75, 3.05) is 6.26 Å². The van der Waals surface area contributed by atoms with E-state index in [2.05, 4.69) is 31.1 Å². The van der Waals surface area contributed by atoms with E-state index in [1.807, 2.05) is 57.4 Å². The second-order valence-corrected chi connectivity index (χ2v) is 10.4. The van der Waals surface area contributed by atoms with Crippen LogP contribution in [0.4, 0.5) is 0 Å². The Morgan fingerprint density at radius 1 is 1.19 bits per heavy atom. The Hall–Kier alpha value is -2.49. The van der Waals surface area contributed by atoms with Crippen LogP contribution in [0.25, 0.3) is 11.1 Å². The summed E-state index contributed by atoms with van der Waals surface area (Å²) in [6, 6.07) is 11.1. The molecule has 1 amide bonds. The summed E-state index contributed by atoms with van der Waals surface area (Å²) in [7, 11) is -1.44. The van der Waals surface area contributed by atoms with Crippen LogP contribution in [0.1, 0.15) is 40.0 Å². The maximum Gasteiger partial charge on any atom is 0.252 e. The number of aryl methyl sites for hydroxylation is 2. The number of benzene rings is 2. The zero-order chi connectivity index (χ0) is 22.8. The van der Waals surface area contributed by atoms with Gasteiger partial charge in [0.25, 0.3) is 5.91 Å². The fourth-order valence-corrected chi connectivity index (χ4v) is 4.14. The normalized spacial score (nSPS) is 12.5. The summed E-state index contributed by atoms with van der Waals surface area (Å²) < 4.78 is 27.8. The van der Waals surface area contributed by atoms with Gasteiger partial charge in [-0.15, -0.1) is 0 Å². The molecule has 3 aromatic rings. The van der Waals surface area contributed by atoms with Gasteiger partial charge in [0.05, 0.1) is 18.5 Å². The standard InChI is InChI=1S/C22H25BrN4O3S/c1-14-5-6-16(11-25-31(4,29)30)7-21(14)22(28)26-15(2)17-8-18(10-20(23)9-17)19-12-24-27(3)13-19/h5-10,12-13,15,25H,11H2,1-4H3,(H,26,28). The molecule has 0 aliphatic rings. The molecule has 0 saturated carbocycles. The summed E-state index contributed by atoms with van der Waals surface area (Å²) in [6.45, 7) is 3.92. The highest BCUT2D eigenvalue weighted by atomic mass is 79.9. The molecular weight excluding hydrogens is 480 g/mol. The van der Waals surface area contributed by atoms with E-state index in [-0.39, 0.29) is 18.5 Å². The lowest BCUT2D eigenvalue weighted by atomic mass is 10.0. The van der Waals surface area contributed by atoms with Gasteiger partial charge in [-0.2, -0.15) is 5.10 Å². The first-order valence-electron chi connectivity index (χ1n) is 9.66. The van der Waals surface area contributed by atoms with Crippen molar-refractivity contribution in [2.45, 2.75) is 26.4 Å². The zero-order valence-electron chi connectivity index (χ0n) is 17.8. The first kappa shape index (κ1) is 23.2. The molecule has 31 heavy (non-hydrogen) atoms. The lowest BCUT2D eigenvalue weighted by Gasteiger charge is -2.17. The highest BCUT2D eigenvalue weighted by Crippen LogP contribution is 2.28. The molecule has 0 saturated heterocycles. The first-order valence-corrected chi connectivity index (χ1v) is 12.3. The van der Waals surface area contributed by atoms with Gasteiger partial charge in [0, 0.05) is 35.4 Å². The van der Waals surface area contributed by atoms with Gasteiger partial charge in [-0.1, -0.05) is 28.1 Å². The van der Waals surface area contributed by atoms with Crippen molar-refractivity contribution in [3.05, 3.63) is 75.5 Å². The quantitative estimate of drug-likeness (QED) is 0.512. The van der Waals surface area contributed by atoms with Crippen LogP contribution in [-0.4, -0.2) is 30.4 Å². The summed E-state index contributed by atoms with van der Waals surface area (Å²) in [5.41, 5.74) is 5.00. The van der Waals surface area contributed by atoms with Crippen LogP contribution >= 0.6 is 15.9 Å². The Balaban J connectivity index is 1.80. The fraction of sp³-hybridized carbons (Fsp3) is 0.273. The monoisotopic (exact) mass is 504 g/mol. The molecule has 1 atom stereocenters. The number of aromatic nitrogens is 2. The SMILES string of the molecule is Cc1ccc(CNS(C)(=O)=O)cc1C(=O)NC(C)c1cc(Br)cc(-c2cnn(C)c2)c1. The summed E-state index contributed by atoms with van der Waals surface area (Å²) in [5.74, 6) is -0.214. The minimum atomic E-state index is -3.31. The molecule has 0 bridgehead atoms.